The van der Waals surface area contributed by atoms with Gasteiger partial charge >= 0.3 is 0 Å². The van der Waals surface area contributed by atoms with Crippen molar-refractivity contribution in [3.63, 3.8) is 0 Å². The zero-order chi connectivity index (χ0) is 15.0. The van der Waals surface area contributed by atoms with Crippen LogP contribution in [-0.2, 0) is 6.42 Å². The summed E-state index contributed by atoms with van der Waals surface area (Å²) in [5.41, 5.74) is 1.35. The van der Waals surface area contributed by atoms with Crippen molar-refractivity contribution in [1.29, 1.82) is 0 Å². The molecule has 5 heteroatoms. The lowest BCUT2D eigenvalue weighted by molar-refractivity contribution is 0.478. The maximum absolute atomic E-state index is 14.3. The molecule has 0 fully saturated rings. The minimum atomic E-state index is -0.522. The monoisotopic (exact) mass is 369 g/mol. The molecular formula is C16H14BrF2NS. The molecular weight excluding hydrogens is 356 g/mol. The van der Waals surface area contributed by atoms with E-state index < -0.39 is 11.6 Å². The van der Waals surface area contributed by atoms with E-state index in [-0.39, 0.29) is 16.9 Å². The van der Waals surface area contributed by atoms with E-state index in [1.807, 2.05) is 12.1 Å². The van der Waals surface area contributed by atoms with Crippen molar-refractivity contribution in [3.8, 4) is 0 Å². The quantitative estimate of drug-likeness (QED) is 0.786. The molecule has 0 aromatic heterocycles. The molecule has 2 atom stereocenters. The van der Waals surface area contributed by atoms with Gasteiger partial charge in [-0.25, -0.2) is 8.78 Å². The Labute approximate surface area is 135 Å². The Hall–Kier alpha value is -0.910. The molecule has 1 nitrogen and oxygen atoms in total. The van der Waals surface area contributed by atoms with Gasteiger partial charge in [-0.05, 0) is 53.2 Å². The third kappa shape index (κ3) is 2.74. The lowest BCUT2D eigenvalue weighted by Gasteiger charge is -2.24. The summed E-state index contributed by atoms with van der Waals surface area (Å²) >= 11 is 4.81. The summed E-state index contributed by atoms with van der Waals surface area (Å²) in [6, 6.07) is 10.4. The van der Waals surface area contributed by atoms with Crippen LogP contribution in [0.25, 0.3) is 0 Å². The van der Waals surface area contributed by atoms with E-state index in [4.69, 9.17) is 0 Å². The molecule has 3 rings (SSSR count). The molecule has 0 saturated heterocycles. The second-order valence-electron chi connectivity index (χ2n) is 4.99. The lowest BCUT2D eigenvalue weighted by atomic mass is 9.98. The van der Waals surface area contributed by atoms with Gasteiger partial charge in [-0.1, -0.05) is 18.2 Å². The second kappa shape index (κ2) is 6.07. The molecule has 1 N–H and O–H groups in total. The van der Waals surface area contributed by atoms with Crippen molar-refractivity contribution in [2.45, 2.75) is 22.6 Å². The van der Waals surface area contributed by atoms with Gasteiger partial charge in [0, 0.05) is 15.7 Å². The topological polar surface area (TPSA) is 12.0 Å². The van der Waals surface area contributed by atoms with Crippen molar-refractivity contribution in [1.82, 2.24) is 5.32 Å². The SMILES string of the molecule is CNC(c1c(F)ccc(Br)c1F)C1Cc2ccccc2S1. The number of benzene rings is 2. The zero-order valence-corrected chi connectivity index (χ0v) is 13.8. The van der Waals surface area contributed by atoms with Crippen molar-refractivity contribution in [2.24, 2.45) is 0 Å². The largest absolute Gasteiger partial charge is 0.312 e. The average molecular weight is 370 g/mol. The molecule has 1 aliphatic heterocycles. The Morgan fingerprint density at radius 2 is 2.00 bits per heavy atom. The van der Waals surface area contributed by atoms with E-state index in [9.17, 15) is 8.78 Å². The molecule has 2 aromatic rings. The first-order valence-electron chi connectivity index (χ1n) is 6.67. The number of rotatable bonds is 3. The van der Waals surface area contributed by atoms with Gasteiger partial charge in [0.2, 0.25) is 0 Å². The number of hydrogen-bond donors (Lipinski definition) is 1. The summed E-state index contributed by atoms with van der Waals surface area (Å²) in [5, 5.41) is 3.16. The average Bonchev–Trinajstić information content (AvgIpc) is 2.91. The van der Waals surface area contributed by atoms with E-state index in [1.165, 1.54) is 22.6 Å². The summed E-state index contributed by atoms with van der Waals surface area (Å²) in [7, 11) is 1.74. The predicted octanol–water partition coefficient (Wildman–Crippen LogP) is 4.70. The van der Waals surface area contributed by atoms with E-state index in [0.29, 0.717) is 4.47 Å². The molecule has 21 heavy (non-hydrogen) atoms. The second-order valence-corrected chi connectivity index (χ2v) is 7.13. The standard InChI is InChI=1S/C16H14BrF2NS/c1-20-16(14-11(18)7-6-10(17)15(14)19)13-8-9-4-2-3-5-12(9)21-13/h2-7,13,16,20H,8H2,1H3. The lowest BCUT2D eigenvalue weighted by Crippen LogP contribution is -2.29. The molecule has 0 saturated carbocycles. The van der Waals surface area contributed by atoms with Gasteiger partial charge in [-0.2, -0.15) is 0 Å². The fraction of sp³-hybridized carbons (Fsp3) is 0.250. The van der Waals surface area contributed by atoms with Gasteiger partial charge < -0.3 is 5.32 Å². The first-order chi connectivity index (χ1) is 10.1. The van der Waals surface area contributed by atoms with E-state index in [0.717, 1.165) is 6.42 Å². The molecule has 2 aromatic carbocycles. The first kappa shape index (κ1) is 15.0. The number of nitrogens with one attached hydrogen (secondary N) is 1. The van der Waals surface area contributed by atoms with Crippen LogP contribution in [0.2, 0.25) is 0 Å². The van der Waals surface area contributed by atoms with Crippen molar-refractivity contribution >= 4 is 27.7 Å². The van der Waals surface area contributed by atoms with Gasteiger partial charge in [0.1, 0.15) is 11.6 Å². The molecule has 0 spiro atoms. The number of hydrogen-bond acceptors (Lipinski definition) is 2. The molecule has 0 aliphatic carbocycles. The summed E-state index contributed by atoms with van der Waals surface area (Å²) in [6.07, 6.45) is 0.803. The van der Waals surface area contributed by atoms with Crippen LogP contribution in [0, 0.1) is 11.6 Å². The highest BCUT2D eigenvalue weighted by Crippen LogP contribution is 2.43. The molecule has 1 heterocycles. The molecule has 0 amide bonds. The van der Waals surface area contributed by atoms with Crippen LogP contribution in [0.1, 0.15) is 17.2 Å². The van der Waals surface area contributed by atoms with Gasteiger partial charge in [0.05, 0.1) is 10.5 Å². The minimum Gasteiger partial charge on any atom is -0.312 e. The molecule has 2 unspecified atom stereocenters. The van der Waals surface area contributed by atoms with Gasteiger partial charge in [-0.15, -0.1) is 11.8 Å². The van der Waals surface area contributed by atoms with Crippen LogP contribution in [-0.4, -0.2) is 12.3 Å². The first-order valence-corrected chi connectivity index (χ1v) is 8.34. The third-order valence-electron chi connectivity index (χ3n) is 3.75. The van der Waals surface area contributed by atoms with Crippen molar-refractivity contribution in [3.05, 3.63) is 63.6 Å². The van der Waals surface area contributed by atoms with Crippen LogP contribution in [0.4, 0.5) is 8.78 Å². The van der Waals surface area contributed by atoms with Crippen LogP contribution >= 0.6 is 27.7 Å². The normalized spacial score (nSPS) is 18.6. The summed E-state index contributed by atoms with van der Waals surface area (Å²) in [5.74, 6) is -1.03. The summed E-state index contributed by atoms with van der Waals surface area (Å²) < 4.78 is 28.8. The van der Waals surface area contributed by atoms with Crippen LogP contribution in [0.15, 0.2) is 45.8 Å². The number of fused-ring (bicyclic) bond motifs is 1. The van der Waals surface area contributed by atoms with Crippen LogP contribution in [0.5, 0.6) is 0 Å². The highest BCUT2D eigenvalue weighted by Gasteiger charge is 2.33. The molecule has 0 bridgehead atoms. The Bertz CT molecular complexity index is 652. The third-order valence-corrected chi connectivity index (χ3v) is 5.75. The summed E-state index contributed by atoms with van der Waals surface area (Å²) in [4.78, 5) is 1.19. The maximum atomic E-state index is 14.3. The number of halogens is 3. The molecule has 0 radical (unpaired) electrons. The Morgan fingerprint density at radius 3 is 2.71 bits per heavy atom. The Kier molecular flexibility index (Phi) is 4.33. The van der Waals surface area contributed by atoms with E-state index >= 15 is 0 Å². The van der Waals surface area contributed by atoms with Crippen molar-refractivity contribution < 1.29 is 8.78 Å². The van der Waals surface area contributed by atoms with Crippen LogP contribution < -0.4 is 5.32 Å². The fourth-order valence-corrected chi connectivity index (χ4v) is 4.54. The molecule has 1 aliphatic rings. The Morgan fingerprint density at radius 1 is 1.24 bits per heavy atom. The fourth-order valence-electron chi connectivity index (χ4n) is 2.74. The highest BCUT2D eigenvalue weighted by atomic mass is 79.9. The zero-order valence-electron chi connectivity index (χ0n) is 11.4. The van der Waals surface area contributed by atoms with E-state index in [1.54, 1.807) is 18.8 Å². The smallest absolute Gasteiger partial charge is 0.145 e. The van der Waals surface area contributed by atoms with Crippen molar-refractivity contribution in [2.75, 3.05) is 7.05 Å². The minimum absolute atomic E-state index is 0.0747. The van der Waals surface area contributed by atoms with Gasteiger partial charge in [0.25, 0.3) is 0 Å². The Balaban J connectivity index is 1.96. The van der Waals surface area contributed by atoms with Gasteiger partial charge in [0.15, 0.2) is 0 Å². The summed E-state index contributed by atoms with van der Waals surface area (Å²) in [6.45, 7) is 0. The highest BCUT2D eigenvalue weighted by molar-refractivity contribution is 9.10. The molecule has 110 valence electrons. The predicted molar refractivity (Wildman–Crippen MR) is 85.6 cm³/mol. The van der Waals surface area contributed by atoms with E-state index in [2.05, 4.69) is 33.4 Å². The van der Waals surface area contributed by atoms with Crippen LogP contribution in [0.3, 0.4) is 0 Å². The maximum Gasteiger partial charge on any atom is 0.145 e. The number of thioether (sulfide) groups is 1. The van der Waals surface area contributed by atoms with Gasteiger partial charge in [-0.3, -0.25) is 0 Å².